The molecule has 0 aromatic carbocycles. The second-order valence-corrected chi connectivity index (χ2v) is 4.87. The van der Waals surface area contributed by atoms with Crippen LogP contribution < -0.4 is 11.3 Å². The summed E-state index contributed by atoms with van der Waals surface area (Å²) in [5, 5.41) is 19.1. The largest absolute Gasteiger partial charge is 0.472 e. The number of hydrogen-bond donors (Lipinski definition) is 6. The standard InChI is InChI=1S/C7H10N5O7P/c8-7-10-3-2(4(13)11-7)9-1-12(3)5(14)6(15)19-20(16,17)18/h1,5-6,14-15H,(H2,16,17,18)(H3,8,10,11,13)/t5-,6-/m1/s1. The molecule has 20 heavy (non-hydrogen) atoms. The summed E-state index contributed by atoms with van der Waals surface area (Å²) in [6, 6.07) is 0. The zero-order valence-electron chi connectivity index (χ0n) is 9.61. The minimum Gasteiger partial charge on any atom is -0.369 e. The molecule has 2 rings (SSSR count). The first-order valence-corrected chi connectivity index (χ1v) is 6.54. The summed E-state index contributed by atoms with van der Waals surface area (Å²) < 4.78 is 15.3. The fourth-order valence-electron chi connectivity index (χ4n) is 1.47. The zero-order valence-corrected chi connectivity index (χ0v) is 10.5. The monoisotopic (exact) mass is 307 g/mol. The summed E-state index contributed by atoms with van der Waals surface area (Å²) in [6.07, 6.45) is -3.29. The Morgan fingerprint density at radius 2 is 2.10 bits per heavy atom. The van der Waals surface area contributed by atoms with Gasteiger partial charge in [0.2, 0.25) is 12.2 Å². The molecule has 110 valence electrons. The van der Waals surface area contributed by atoms with E-state index in [9.17, 15) is 19.6 Å². The number of fused-ring (bicyclic) bond motifs is 1. The fraction of sp³-hybridized carbons (Fsp3) is 0.286. The molecule has 2 atom stereocenters. The lowest BCUT2D eigenvalue weighted by atomic mass is 10.5. The van der Waals surface area contributed by atoms with Gasteiger partial charge in [-0.3, -0.25) is 18.9 Å². The maximum atomic E-state index is 11.5. The van der Waals surface area contributed by atoms with Crippen molar-refractivity contribution < 1.29 is 29.1 Å². The number of aliphatic hydroxyl groups excluding tert-OH is 2. The van der Waals surface area contributed by atoms with E-state index in [4.69, 9.17) is 15.5 Å². The number of aromatic nitrogens is 4. The third-order valence-electron chi connectivity index (χ3n) is 2.24. The van der Waals surface area contributed by atoms with Crippen LogP contribution in [0.2, 0.25) is 0 Å². The van der Waals surface area contributed by atoms with Gasteiger partial charge in [0.05, 0.1) is 6.33 Å². The Morgan fingerprint density at radius 1 is 1.45 bits per heavy atom. The van der Waals surface area contributed by atoms with Gasteiger partial charge in [-0.25, -0.2) is 9.55 Å². The van der Waals surface area contributed by atoms with Gasteiger partial charge in [-0.2, -0.15) is 4.98 Å². The fourth-order valence-corrected chi connectivity index (χ4v) is 1.86. The molecule has 7 N–H and O–H groups in total. The Balaban J connectivity index is 2.43. The van der Waals surface area contributed by atoms with Crippen molar-refractivity contribution in [1.29, 1.82) is 0 Å². The van der Waals surface area contributed by atoms with Crippen molar-refractivity contribution in [3.8, 4) is 0 Å². The van der Waals surface area contributed by atoms with Gasteiger partial charge in [0.1, 0.15) is 0 Å². The Morgan fingerprint density at radius 3 is 2.70 bits per heavy atom. The first kappa shape index (κ1) is 14.6. The van der Waals surface area contributed by atoms with Crippen LogP contribution in [0.3, 0.4) is 0 Å². The normalized spacial score (nSPS) is 15.4. The number of nitrogens with zero attached hydrogens (tertiary/aromatic N) is 3. The molecule has 2 aromatic rings. The Kier molecular flexibility index (Phi) is 3.60. The summed E-state index contributed by atoms with van der Waals surface area (Å²) >= 11 is 0. The molecule has 0 unspecified atom stereocenters. The average molecular weight is 307 g/mol. The van der Waals surface area contributed by atoms with E-state index in [0.717, 1.165) is 10.9 Å². The first-order chi connectivity index (χ1) is 9.19. The van der Waals surface area contributed by atoms with Crippen LogP contribution in [0.1, 0.15) is 6.23 Å². The summed E-state index contributed by atoms with van der Waals surface area (Å²) in [5.41, 5.74) is 4.28. The van der Waals surface area contributed by atoms with Gasteiger partial charge < -0.3 is 25.7 Å². The van der Waals surface area contributed by atoms with Gasteiger partial charge in [-0.15, -0.1) is 0 Å². The van der Waals surface area contributed by atoms with E-state index in [0.29, 0.717) is 0 Å². The molecule has 0 aliphatic rings. The maximum absolute atomic E-state index is 11.5. The first-order valence-electron chi connectivity index (χ1n) is 5.01. The van der Waals surface area contributed by atoms with Crippen LogP contribution in [0.4, 0.5) is 5.95 Å². The molecule has 0 amide bonds. The van der Waals surface area contributed by atoms with Gasteiger partial charge in [0, 0.05) is 0 Å². The molecule has 2 aromatic heterocycles. The molecule has 0 radical (unpaired) electrons. The highest BCUT2D eigenvalue weighted by Gasteiger charge is 2.29. The predicted octanol–water partition coefficient (Wildman–Crippen LogP) is -2.38. The van der Waals surface area contributed by atoms with Gasteiger partial charge >= 0.3 is 7.82 Å². The highest BCUT2D eigenvalue weighted by Crippen LogP contribution is 2.38. The molecule has 13 heteroatoms. The molecule has 0 aliphatic carbocycles. The lowest BCUT2D eigenvalue weighted by Gasteiger charge is -2.19. The van der Waals surface area contributed by atoms with E-state index in [2.05, 4.69) is 19.5 Å². The SMILES string of the molecule is Nc1nc2c(ncn2[C@H](O)[C@H](O)OP(=O)(O)O)c(=O)[nH]1. The number of imidazole rings is 1. The number of aromatic amines is 1. The highest BCUT2D eigenvalue weighted by atomic mass is 31.2. The van der Waals surface area contributed by atoms with Crippen LogP contribution in [-0.4, -0.2) is 45.8 Å². The van der Waals surface area contributed by atoms with Crippen molar-refractivity contribution >= 4 is 24.9 Å². The predicted molar refractivity (Wildman–Crippen MR) is 63.0 cm³/mol. The third-order valence-corrected chi connectivity index (χ3v) is 2.73. The minimum atomic E-state index is -5.01. The molecule has 0 fully saturated rings. The molecular weight excluding hydrogens is 297 g/mol. The molecule has 0 aliphatic heterocycles. The molecule has 0 bridgehead atoms. The summed E-state index contributed by atoms with van der Waals surface area (Å²) in [6.45, 7) is 0. The van der Waals surface area contributed by atoms with E-state index in [1.54, 1.807) is 0 Å². The lowest BCUT2D eigenvalue weighted by molar-refractivity contribution is -0.143. The number of phosphoric ester groups is 1. The summed E-state index contributed by atoms with van der Waals surface area (Å²) in [7, 11) is -5.01. The molecular formula is C7H10N5O7P. The Labute approximate surface area is 109 Å². The number of rotatable bonds is 4. The number of H-pyrrole nitrogens is 1. The average Bonchev–Trinajstić information content (AvgIpc) is 2.69. The van der Waals surface area contributed by atoms with E-state index in [1.165, 1.54) is 0 Å². The lowest BCUT2D eigenvalue weighted by Crippen LogP contribution is -2.26. The van der Waals surface area contributed by atoms with E-state index in [1.807, 2.05) is 0 Å². The molecule has 2 heterocycles. The number of hydrogen-bond acceptors (Lipinski definition) is 8. The van der Waals surface area contributed by atoms with Crippen molar-refractivity contribution in [2.75, 3.05) is 5.73 Å². The second-order valence-electron chi connectivity index (χ2n) is 3.68. The number of nitrogens with one attached hydrogen (secondary N) is 1. The number of anilines is 1. The van der Waals surface area contributed by atoms with Crippen molar-refractivity contribution in [2.45, 2.75) is 12.5 Å². The Bertz CT molecular complexity index is 735. The van der Waals surface area contributed by atoms with Crippen LogP contribution in [0.15, 0.2) is 11.1 Å². The smallest absolute Gasteiger partial charge is 0.369 e. The topological polar surface area (TPSA) is 197 Å². The van der Waals surface area contributed by atoms with Crippen LogP contribution in [-0.2, 0) is 9.09 Å². The summed E-state index contributed by atoms with van der Waals surface area (Å²) in [5.74, 6) is -0.262. The number of phosphoric acid groups is 1. The quantitative estimate of drug-likeness (QED) is 0.262. The third kappa shape index (κ3) is 2.85. The van der Waals surface area contributed by atoms with E-state index < -0.39 is 25.9 Å². The summed E-state index contributed by atoms with van der Waals surface area (Å²) in [4.78, 5) is 38.1. The van der Waals surface area contributed by atoms with Crippen molar-refractivity contribution in [3.63, 3.8) is 0 Å². The minimum absolute atomic E-state index is 0.179. The number of nitrogen functional groups attached to an aromatic ring is 1. The molecule has 0 saturated heterocycles. The Hall–Kier alpha value is -1.82. The van der Waals surface area contributed by atoms with Gasteiger partial charge in [-0.05, 0) is 0 Å². The van der Waals surface area contributed by atoms with Crippen molar-refractivity contribution in [3.05, 3.63) is 16.7 Å². The molecule has 0 spiro atoms. The molecule has 0 saturated carbocycles. The van der Waals surface area contributed by atoms with E-state index >= 15 is 0 Å². The van der Waals surface area contributed by atoms with Gasteiger partial charge in [0.25, 0.3) is 5.56 Å². The van der Waals surface area contributed by atoms with Crippen LogP contribution in [0.25, 0.3) is 11.2 Å². The number of aliphatic hydroxyl groups is 2. The van der Waals surface area contributed by atoms with Crippen molar-refractivity contribution in [1.82, 2.24) is 19.5 Å². The van der Waals surface area contributed by atoms with E-state index in [-0.39, 0.29) is 17.1 Å². The van der Waals surface area contributed by atoms with Gasteiger partial charge in [-0.1, -0.05) is 0 Å². The number of nitrogens with two attached hydrogens (primary N) is 1. The van der Waals surface area contributed by atoms with Crippen LogP contribution in [0.5, 0.6) is 0 Å². The molecule has 12 nitrogen and oxygen atoms in total. The van der Waals surface area contributed by atoms with Gasteiger partial charge in [0.15, 0.2) is 17.4 Å². The highest BCUT2D eigenvalue weighted by molar-refractivity contribution is 7.46. The van der Waals surface area contributed by atoms with Crippen LogP contribution >= 0.6 is 7.82 Å². The zero-order chi connectivity index (χ0) is 15.1. The maximum Gasteiger partial charge on any atom is 0.472 e. The van der Waals surface area contributed by atoms with Crippen molar-refractivity contribution in [2.24, 2.45) is 0 Å². The van der Waals surface area contributed by atoms with Crippen LogP contribution in [0, 0.1) is 0 Å². The second kappa shape index (κ2) is 4.94.